The number of aromatic nitrogens is 2. The minimum absolute atomic E-state index is 0.480. The molecule has 0 spiro atoms. The summed E-state index contributed by atoms with van der Waals surface area (Å²) in [7, 11) is 1.66. The Hall–Kier alpha value is -2.75. The van der Waals surface area contributed by atoms with E-state index in [9.17, 15) is 0 Å². The van der Waals surface area contributed by atoms with E-state index < -0.39 is 0 Å². The quantitative estimate of drug-likeness (QED) is 0.720. The normalized spacial score (nSPS) is 10.3. The van der Waals surface area contributed by atoms with Crippen molar-refractivity contribution in [3.8, 4) is 16.9 Å². The second kappa shape index (κ2) is 6.13. The van der Waals surface area contributed by atoms with Crippen LogP contribution in [0.15, 0.2) is 67.0 Å². The highest BCUT2D eigenvalue weighted by molar-refractivity contribution is 5.68. The van der Waals surface area contributed by atoms with E-state index in [1.807, 2.05) is 60.8 Å². The third-order valence-electron chi connectivity index (χ3n) is 3.18. The summed E-state index contributed by atoms with van der Waals surface area (Å²) in [6, 6.07) is 17.8. The molecule has 4 nitrogen and oxygen atoms in total. The van der Waals surface area contributed by atoms with Crippen molar-refractivity contribution in [3.63, 3.8) is 0 Å². The summed E-state index contributed by atoms with van der Waals surface area (Å²) in [4.78, 5) is 7.11. The van der Waals surface area contributed by atoms with E-state index in [0.717, 1.165) is 22.4 Å². The second-order valence-corrected chi connectivity index (χ2v) is 4.59. The van der Waals surface area contributed by atoms with Crippen molar-refractivity contribution in [2.24, 2.45) is 0 Å². The van der Waals surface area contributed by atoms with Gasteiger partial charge in [-0.1, -0.05) is 48.5 Å². The minimum atomic E-state index is 0.480. The molecular formula is C17H16N2O2. The average Bonchev–Trinajstić information content (AvgIpc) is 3.02. The first-order valence-corrected chi connectivity index (χ1v) is 6.72. The highest BCUT2D eigenvalue weighted by Crippen LogP contribution is 2.28. The van der Waals surface area contributed by atoms with E-state index in [2.05, 4.69) is 5.10 Å². The number of rotatable bonds is 5. The third kappa shape index (κ3) is 3.05. The highest BCUT2D eigenvalue weighted by atomic mass is 16.7. The van der Waals surface area contributed by atoms with Gasteiger partial charge in [-0.3, -0.25) is 0 Å². The standard InChI is InChI=1S/C17H16N2O2/c1-20-17-10-6-5-9-16(17)15-11-18-19(12-15)21-13-14-7-3-2-4-8-14/h2-12H,13H2,1H3. The molecule has 106 valence electrons. The van der Waals surface area contributed by atoms with Crippen LogP contribution >= 0.6 is 0 Å². The molecule has 4 heteroatoms. The fraction of sp³-hybridized carbons (Fsp3) is 0.118. The van der Waals surface area contributed by atoms with Gasteiger partial charge in [0, 0.05) is 11.1 Å². The van der Waals surface area contributed by atoms with Gasteiger partial charge >= 0.3 is 0 Å². The van der Waals surface area contributed by atoms with E-state index in [0.29, 0.717) is 6.61 Å². The van der Waals surface area contributed by atoms with Crippen molar-refractivity contribution < 1.29 is 9.57 Å². The minimum Gasteiger partial charge on any atom is -0.496 e. The number of nitrogens with zero attached hydrogens (tertiary/aromatic N) is 2. The van der Waals surface area contributed by atoms with Gasteiger partial charge in [0.2, 0.25) is 0 Å². The fourth-order valence-electron chi connectivity index (χ4n) is 2.11. The van der Waals surface area contributed by atoms with Crippen LogP contribution in [0.3, 0.4) is 0 Å². The predicted molar refractivity (Wildman–Crippen MR) is 80.9 cm³/mol. The molecule has 0 N–H and O–H groups in total. The van der Waals surface area contributed by atoms with Crippen molar-refractivity contribution in [2.75, 3.05) is 7.11 Å². The van der Waals surface area contributed by atoms with E-state index in [1.165, 1.54) is 4.85 Å². The molecular weight excluding hydrogens is 264 g/mol. The number of hydrogen-bond acceptors (Lipinski definition) is 3. The zero-order chi connectivity index (χ0) is 14.5. The number of ether oxygens (including phenoxy) is 1. The molecule has 0 aliphatic heterocycles. The van der Waals surface area contributed by atoms with Crippen LogP contribution in [-0.4, -0.2) is 17.1 Å². The number of methoxy groups -OCH3 is 1. The lowest BCUT2D eigenvalue weighted by Crippen LogP contribution is -2.11. The zero-order valence-corrected chi connectivity index (χ0v) is 11.8. The van der Waals surface area contributed by atoms with Gasteiger partial charge in [0.1, 0.15) is 12.4 Å². The Labute approximate surface area is 123 Å². The Bertz CT molecular complexity index is 708. The molecule has 0 saturated carbocycles. The highest BCUT2D eigenvalue weighted by Gasteiger charge is 2.07. The third-order valence-corrected chi connectivity index (χ3v) is 3.18. The van der Waals surface area contributed by atoms with Crippen LogP contribution in [0.2, 0.25) is 0 Å². The van der Waals surface area contributed by atoms with Crippen molar-refractivity contribution in [1.82, 2.24) is 9.94 Å². The predicted octanol–water partition coefficient (Wildman–Crippen LogP) is 3.19. The lowest BCUT2D eigenvalue weighted by molar-refractivity contribution is 0.0701. The molecule has 3 aromatic rings. The Morgan fingerprint density at radius 3 is 2.57 bits per heavy atom. The number of benzene rings is 2. The van der Waals surface area contributed by atoms with Gasteiger partial charge in [0.05, 0.1) is 19.5 Å². The Balaban J connectivity index is 1.74. The lowest BCUT2D eigenvalue weighted by atomic mass is 10.1. The summed E-state index contributed by atoms with van der Waals surface area (Å²) in [6.07, 6.45) is 3.61. The maximum absolute atomic E-state index is 5.63. The van der Waals surface area contributed by atoms with E-state index in [1.54, 1.807) is 13.3 Å². The number of para-hydroxylation sites is 1. The number of hydrogen-bond donors (Lipinski definition) is 0. The first-order valence-electron chi connectivity index (χ1n) is 6.72. The van der Waals surface area contributed by atoms with Gasteiger partial charge < -0.3 is 9.57 Å². The molecule has 1 heterocycles. The second-order valence-electron chi connectivity index (χ2n) is 4.59. The van der Waals surface area contributed by atoms with Gasteiger partial charge in [0.25, 0.3) is 0 Å². The summed E-state index contributed by atoms with van der Waals surface area (Å²) in [6.45, 7) is 0.480. The molecule has 0 atom stereocenters. The molecule has 0 aliphatic rings. The van der Waals surface area contributed by atoms with E-state index in [-0.39, 0.29) is 0 Å². The van der Waals surface area contributed by atoms with Crippen LogP contribution < -0.4 is 9.57 Å². The maximum atomic E-state index is 5.63. The first kappa shape index (κ1) is 13.2. The molecule has 3 rings (SSSR count). The molecule has 0 amide bonds. The van der Waals surface area contributed by atoms with Crippen LogP contribution in [-0.2, 0) is 6.61 Å². The Morgan fingerprint density at radius 2 is 1.76 bits per heavy atom. The molecule has 0 radical (unpaired) electrons. The van der Waals surface area contributed by atoms with E-state index in [4.69, 9.17) is 9.57 Å². The molecule has 0 saturated heterocycles. The van der Waals surface area contributed by atoms with Crippen molar-refractivity contribution in [3.05, 3.63) is 72.6 Å². The van der Waals surface area contributed by atoms with Gasteiger partial charge in [-0.05, 0) is 11.6 Å². The van der Waals surface area contributed by atoms with Crippen molar-refractivity contribution in [2.45, 2.75) is 6.61 Å². The largest absolute Gasteiger partial charge is 0.496 e. The van der Waals surface area contributed by atoms with Gasteiger partial charge in [-0.25, -0.2) is 0 Å². The molecule has 0 fully saturated rings. The topological polar surface area (TPSA) is 36.3 Å². The average molecular weight is 280 g/mol. The summed E-state index contributed by atoms with van der Waals surface area (Å²) in [5.74, 6) is 0.820. The fourth-order valence-corrected chi connectivity index (χ4v) is 2.11. The smallest absolute Gasteiger partial charge is 0.142 e. The zero-order valence-electron chi connectivity index (χ0n) is 11.8. The lowest BCUT2D eigenvalue weighted by Gasteiger charge is -2.06. The van der Waals surface area contributed by atoms with Crippen LogP contribution in [0.5, 0.6) is 5.75 Å². The van der Waals surface area contributed by atoms with Gasteiger partial charge in [-0.15, -0.1) is 9.94 Å². The van der Waals surface area contributed by atoms with Gasteiger partial charge in [0.15, 0.2) is 0 Å². The first-order chi connectivity index (χ1) is 10.4. The van der Waals surface area contributed by atoms with Crippen LogP contribution in [0.4, 0.5) is 0 Å². The monoisotopic (exact) mass is 280 g/mol. The Kier molecular flexibility index (Phi) is 3.87. The summed E-state index contributed by atoms with van der Waals surface area (Å²) >= 11 is 0. The molecule has 2 aromatic carbocycles. The molecule has 0 unspecified atom stereocenters. The summed E-state index contributed by atoms with van der Waals surface area (Å²) in [5, 5.41) is 4.22. The molecule has 1 aromatic heterocycles. The van der Waals surface area contributed by atoms with E-state index >= 15 is 0 Å². The molecule has 0 aliphatic carbocycles. The van der Waals surface area contributed by atoms with Gasteiger partial charge in [-0.2, -0.15) is 0 Å². The summed E-state index contributed by atoms with van der Waals surface area (Å²) in [5.41, 5.74) is 3.06. The molecule has 0 bridgehead atoms. The Morgan fingerprint density at radius 1 is 1.00 bits per heavy atom. The van der Waals surface area contributed by atoms with Crippen LogP contribution in [0, 0.1) is 0 Å². The van der Waals surface area contributed by atoms with Crippen LogP contribution in [0.1, 0.15) is 5.56 Å². The van der Waals surface area contributed by atoms with Crippen LogP contribution in [0.25, 0.3) is 11.1 Å². The maximum Gasteiger partial charge on any atom is 0.142 e. The van der Waals surface area contributed by atoms with Crippen molar-refractivity contribution in [1.29, 1.82) is 0 Å². The van der Waals surface area contributed by atoms with Crippen molar-refractivity contribution >= 4 is 0 Å². The summed E-state index contributed by atoms with van der Waals surface area (Å²) < 4.78 is 5.36. The molecule has 21 heavy (non-hydrogen) atoms. The SMILES string of the molecule is COc1ccccc1-c1cnn(OCc2ccccc2)c1.